The van der Waals surface area contributed by atoms with Crippen LogP contribution in [0.25, 0.3) is 5.41 Å². The summed E-state index contributed by atoms with van der Waals surface area (Å²) < 4.78 is 0. The highest BCUT2D eigenvalue weighted by Crippen LogP contribution is 2.41. The number of amidine groups is 1. The van der Waals surface area contributed by atoms with E-state index >= 15 is 0 Å². The highest BCUT2D eigenvalue weighted by Gasteiger charge is 2.37. The molecule has 0 bridgehead atoms. The number of hydrogen-bond acceptors (Lipinski definition) is 5. The molecule has 7 heteroatoms. The topological polar surface area (TPSA) is 132 Å². The second-order valence-corrected chi connectivity index (χ2v) is 5.02. The number of nitrogens with zero attached hydrogens (tertiary/aromatic N) is 5. The molecule has 2 rings (SSSR count). The Morgan fingerprint density at radius 2 is 1.96 bits per heavy atom. The zero-order chi connectivity index (χ0) is 17.0. The zero-order valence-electron chi connectivity index (χ0n) is 11.7. The Bertz CT molecular complexity index is 900. The third kappa shape index (κ3) is 2.71. The van der Waals surface area contributed by atoms with Crippen LogP contribution < -0.4 is 5.73 Å². The minimum Gasteiger partial charge on any atom is -0.762 e. The van der Waals surface area contributed by atoms with Crippen molar-refractivity contribution in [3.8, 4) is 18.2 Å². The summed E-state index contributed by atoms with van der Waals surface area (Å²) in [7, 11) is 0. The Hall–Kier alpha value is -3.36. The molecule has 1 heterocycles. The molecule has 0 aliphatic carbocycles. The van der Waals surface area contributed by atoms with Gasteiger partial charge < -0.3 is 11.1 Å². The van der Waals surface area contributed by atoms with Gasteiger partial charge in [0.2, 0.25) is 0 Å². The third-order valence-electron chi connectivity index (χ3n) is 3.42. The SMILES string of the molecule is N#CC(=C=[N-])C1=C(C#N)[C@@H](c2ccccc2Cl)C(C#N)C(N)=N1. The number of nitriles is 3. The molecule has 1 aliphatic rings. The van der Waals surface area contributed by atoms with Crippen LogP contribution in [0, 0.1) is 39.9 Å². The van der Waals surface area contributed by atoms with Gasteiger partial charge in [-0.15, -0.1) is 0 Å². The third-order valence-corrected chi connectivity index (χ3v) is 3.76. The van der Waals surface area contributed by atoms with E-state index in [9.17, 15) is 10.5 Å². The summed E-state index contributed by atoms with van der Waals surface area (Å²) in [6.07, 6.45) is 0. The quantitative estimate of drug-likeness (QED) is 0.661. The van der Waals surface area contributed by atoms with E-state index in [0.717, 1.165) is 0 Å². The molecule has 1 unspecified atom stereocenters. The van der Waals surface area contributed by atoms with Gasteiger partial charge in [-0.1, -0.05) is 29.8 Å². The summed E-state index contributed by atoms with van der Waals surface area (Å²) in [5.41, 5.74) is 5.93. The highest BCUT2D eigenvalue weighted by atomic mass is 35.5. The van der Waals surface area contributed by atoms with Crippen molar-refractivity contribution in [2.45, 2.75) is 5.92 Å². The molecule has 110 valence electrons. The molecule has 1 aromatic rings. The molecule has 2 atom stereocenters. The van der Waals surface area contributed by atoms with Crippen LogP contribution in [0.15, 0.2) is 46.1 Å². The molecule has 0 fully saturated rings. The van der Waals surface area contributed by atoms with E-state index in [2.05, 4.69) is 4.99 Å². The summed E-state index contributed by atoms with van der Waals surface area (Å²) in [4.78, 5) is 3.94. The van der Waals surface area contributed by atoms with E-state index in [-0.39, 0.29) is 22.7 Å². The summed E-state index contributed by atoms with van der Waals surface area (Å²) in [6.45, 7) is 0. The van der Waals surface area contributed by atoms with Gasteiger partial charge in [0.15, 0.2) is 0 Å². The van der Waals surface area contributed by atoms with Crippen molar-refractivity contribution in [3.63, 3.8) is 0 Å². The fourth-order valence-electron chi connectivity index (χ4n) is 2.39. The van der Waals surface area contributed by atoms with E-state index < -0.39 is 11.8 Å². The molecule has 1 aliphatic heterocycles. The lowest BCUT2D eigenvalue weighted by atomic mass is 9.77. The summed E-state index contributed by atoms with van der Waals surface area (Å²) in [6, 6.07) is 12.4. The van der Waals surface area contributed by atoms with E-state index in [1.54, 1.807) is 36.2 Å². The molecule has 0 radical (unpaired) electrons. The number of rotatable bonds is 2. The van der Waals surface area contributed by atoms with Gasteiger partial charge in [-0.2, -0.15) is 15.8 Å². The van der Waals surface area contributed by atoms with E-state index in [4.69, 9.17) is 28.0 Å². The molecule has 23 heavy (non-hydrogen) atoms. The van der Waals surface area contributed by atoms with Gasteiger partial charge in [-0.25, -0.2) is 10.9 Å². The van der Waals surface area contributed by atoms with Crippen LogP contribution in [0.4, 0.5) is 0 Å². The molecular weight excluding hydrogens is 312 g/mol. The van der Waals surface area contributed by atoms with E-state index in [1.807, 2.05) is 12.1 Å². The number of benzene rings is 1. The van der Waals surface area contributed by atoms with Gasteiger partial charge in [-0.3, -0.25) is 0 Å². The monoisotopic (exact) mass is 319 g/mol. The Labute approximate surface area is 137 Å². The van der Waals surface area contributed by atoms with E-state index in [0.29, 0.717) is 10.6 Å². The van der Waals surface area contributed by atoms with Crippen molar-refractivity contribution in [2.24, 2.45) is 16.6 Å². The average Bonchev–Trinajstić information content (AvgIpc) is 2.56. The molecule has 6 nitrogen and oxygen atoms in total. The van der Waals surface area contributed by atoms with Crippen LogP contribution in [-0.2, 0) is 0 Å². The van der Waals surface area contributed by atoms with Gasteiger partial charge in [0.25, 0.3) is 0 Å². The number of allylic oxidation sites excluding steroid dienone is 2. The second-order valence-electron chi connectivity index (χ2n) is 4.62. The maximum absolute atomic E-state index is 9.52. The van der Waals surface area contributed by atoms with Crippen LogP contribution in [0.2, 0.25) is 5.02 Å². The second kappa shape index (κ2) is 6.60. The van der Waals surface area contributed by atoms with Gasteiger partial charge in [0.1, 0.15) is 23.5 Å². The standard InChI is InChI=1S/C16H8ClN6/c17-13-4-2-1-3-10(13)14-11(7-20)15(9(5-18)6-19)23-16(22)12(14)8-21/h1-4,12,14H,(H2,22,23)/q-1/t12?,14-/m1/s1. The van der Waals surface area contributed by atoms with Gasteiger partial charge in [0.05, 0.1) is 23.3 Å². The Kier molecular flexibility index (Phi) is 4.60. The van der Waals surface area contributed by atoms with Crippen molar-refractivity contribution >= 4 is 23.3 Å². The number of hydrogen-bond donors (Lipinski definition) is 1. The van der Waals surface area contributed by atoms with Crippen LogP contribution in [0.5, 0.6) is 0 Å². The average molecular weight is 320 g/mol. The molecule has 0 aromatic heterocycles. The predicted molar refractivity (Wildman–Crippen MR) is 85.0 cm³/mol. The fourth-order valence-corrected chi connectivity index (χ4v) is 2.64. The Balaban J connectivity index is 2.82. The smallest absolute Gasteiger partial charge is 0.118 e. The summed E-state index contributed by atoms with van der Waals surface area (Å²) in [5, 5.41) is 37.4. The lowest BCUT2D eigenvalue weighted by molar-refractivity contribution is 0.704. The number of halogens is 1. The molecule has 0 saturated carbocycles. The fraction of sp³-hybridized carbons (Fsp3) is 0.125. The minimum atomic E-state index is -0.910. The first-order chi connectivity index (χ1) is 11.1. The maximum Gasteiger partial charge on any atom is 0.118 e. The molecule has 0 saturated heterocycles. The number of aliphatic imine (C=N–C) groups is 1. The highest BCUT2D eigenvalue weighted by molar-refractivity contribution is 6.31. The van der Waals surface area contributed by atoms with Gasteiger partial charge >= 0.3 is 0 Å². The first kappa shape index (κ1) is 16.0. The Morgan fingerprint density at radius 1 is 1.26 bits per heavy atom. The first-order valence-corrected chi connectivity index (χ1v) is 6.76. The Morgan fingerprint density at radius 3 is 2.48 bits per heavy atom. The normalized spacial score (nSPS) is 19.7. The zero-order valence-corrected chi connectivity index (χ0v) is 12.4. The predicted octanol–water partition coefficient (Wildman–Crippen LogP) is 2.40. The summed E-state index contributed by atoms with van der Waals surface area (Å²) in [5.74, 6) is -0.0661. The maximum atomic E-state index is 9.52. The van der Waals surface area contributed by atoms with Crippen molar-refractivity contribution in [1.29, 1.82) is 15.8 Å². The van der Waals surface area contributed by atoms with Crippen LogP contribution >= 0.6 is 11.6 Å². The van der Waals surface area contributed by atoms with Crippen molar-refractivity contribution in [2.75, 3.05) is 0 Å². The minimum absolute atomic E-state index is 0.0250. The lowest BCUT2D eigenvalue weighted by Crippen LogP contribution is -2.33. The molecule has 2 N–H and O–H groups in total. The lowest BCUT2D eigenvalue weighted by Gasteiger charge is -2.27. The van der Waals surface area contributed by atoms with Gasteiger partial charge in [0, 0.05) is 10.9 Å². The number of nitrogens with two attached hydrogens (primary N) is 1. The van der Waals surface area contributed by atoms with Crippen LogP contribution in [0.1, 0.15) is 11.5 Å². The molecule has 0 spiro atoms. The largest absolute Gasteiger partial charge is 0.762 e. The van der Waals surface area contributed by atoms with Crippen molar-refractivity contribution in [3.05, 3.63) is 57.1 Å². The van der Waals surface area contributed by atoms with Crippen LogP contribution in [-0.4, -0.2) is 11.7 Å². The van der Waals surface area contributed by atoms with E-state index in [1.165, 1.54) is 0 Å². The van der Waals surface area contributed by atoms with Gasteiger partial charge in [-0.05, 0) is 11.6 Å². The molecular formula is C16H8ClN6-. The molecule has 1 aromatic carbocycles. The molecule has 0 amide bonds. The van der Waals surface area contributed by atoms with Crippen molar-refractivity contribution < 1.29 is 0 Å². The summed E-state index contributed by atoms with van der Waals surface area (Å²) >= 11 is 6.19. The van der Waals surface area contributed by atoms with Crippen LogP contribution in [0.3, 0.4) is 0 Å². The first-order valence-electron chi connectivity index (χ1n) is 6.38. The van der Waals surface area contributed by atoms with Crippen molar-refractivity contribution in [1.82, 2.24) is 0 Å².